The summed E-state index contributed by atoms with van der Waals surface area (Å²) in [6.07, 6.45) is -0.431. The molecule has 0 bridgehead atoms. The Kier molecular flexibility index (Phi) is 8.85. The number of fused-ring (bicyclic) bond motifs is 1. The van der Waals surface area contributed by atoms with Gasteiger partial charge in [0.1, 0.15) is 11.8 Å². The lowest BCUT2D eigenvalue weighted by molar-refractivity contribution is 0.108. The molecule has 0 spiro atoms. The monoisotopic (exact) mass is 616 g/mol. The lowest BCUT2D eigenvalue weighted by atomic mass is 10.0. The molecule has 1 aliphatic heterocycles. The molecule has 2 aromatic carbocycles. The maximum Gasteiger partial charge on any atom is 0.404 e. The van der Waals surface area contributed by atoms with Gasteiger partial charge in [-0.25, -0.2) is 9.78 Å². The summed E-state index contributed by atoms with van der Waals surface area (Å²) in [5, 5.41) is 49.3. The van der Waals surface area contributed by atoms with Crippen molar-refractivity contribution in [3.8, 4) is 17.9 Å². The number of ether oxygens (including phenoxy) is 1. The fraction of sp³-hybridized carbons (Fsp3) is 0.310. The summed E-state index contributed by atoms with van der Waals surface area (Å²) in [5.41, 5.74) is 2.72. The number of halogens is 1. The summed E-state index contributed by atoms with van der Waals surface area (Å²) in [5.74, 6) is 1.33. The van der Waals surface area contributed by atoms with E-state index < -0.39 is 18.2 Å². The quantitative estimate of drug-likeness (QED) is 0.214. The van der Waals surface area contributed by atoms with Crippen LogP contribution >= 0.6 is 11.6 Å². The Morgan fingerprint density at radius 1 is 1.25 bits per heavy atom. The van der Waals surface area contributed by atoms with E-state index in [1.165, 1.54) is 10.7 Å². The first-order valence-corrected chi connectivity index (χ1v) is 14.1. The number of nitrogens with one attached hydrogen (secondary N) is 2. The van der Waals surface area contributed by atoms with E-state index in [9.17, 15) is 20.4 Å². The molecule has 1 amide bonds. The summed E-state index contributed by atoms with van der Waals surface area (Å²) < 4.78 is 6.67. The third kappa shape index (κ3) is 6.22. The molecule has 0 saturated carbocycles. The van der Waals surface area contributed by atoms with Gasteiger partial charge in [-0.1, -0.05) is 23.7 Å². The van der Waals surface area contributed by atoms with Crippen LogP contribution in [0.25, 0.3) is 5.65 Å². The molecule has 2 aromatic heterocycles. The van der Waals surface area contributed by atoms with E-state index in [1.807, 2.05) is 36.1 Å². The zero-order valence-electron chi connectivity index (χ0n) is 23.9. The number of benzene rings is 2. The number of nitrogens with zero attached hydrogens (tertiary/aromatic N) is 8. The normalized spacial score (nSPS) is 16.2. The van der Waals surface area contributed by atoms with Gasteiger partial charge < -0.3 is 35.4 Å². The number of rotatable bonds is 9. The highest BCUT2D eigenvalue weighted by molar-refractivity contribution is 6.36. The predicted octanol–water partition coefficient (Wildman–Crippen LogP) is 3.51. The minimum absolute atomic E-state index is 0.100. The Bertz CT molecular complexity index is 1770. The van der Waals surface area contributed by atoms with Crippen molar-refractivity contribution < 1.29 is 19.7 Å². The second kappa shape index (κ2) is 12.9. The second-order valence-corrected chi connectivity index (χ2v) is 10.4. The van der Waals surface area contributed by atoms with Gasteiger partial charge in [-0.3, -0.25) is 0 Å². The topological polar surface area (TPSA) is 188 Å². The third-order valence-corrected chi connectivity index (χ3v) is 7.73. The van der Waals surface area contributed by atoms with Crippen molar-refractivity contribution in [2.24, 2.45) is 0 Å². The number of aliphatic hydroxyl groups is 1. The Morgan fingerprint density at radius 3 is 2.66 bits per heavy atom. The molecular formula is C29H29ClN10O4. The van der Waals surface area contributed by atoms with Gasteiger partial charge in [0.15, 0.2) is 17.2 Å². The highest BCUT2D eigenvalue weighted by atomic mass is 35.5. The van der Waals surface area contributed by atoms with Crippen molar-refractivity contribution in [2.45, 2.75) is 32.0 Å². The molecule has 2 atom stereocenters. The van der Waals surface area contributed by atoms with Crippen molar-refractivity contribution in [1.29, 1.82) is 10.5 Å². The third-order valence-electron chi connectivity index (χ3n) is 7.33. The average Bonchev–Trinajstić information content (AvgIpc) is 3.44. The van der Waals surface area contributed by atoms with E-state index in [-0.39, 0.29) is 23.2 Å². The number of hydrogen-bond acceptors (Lipinski definition) is 11. The summed E-state index contributed by atoms with van der Waals surface area (Å²) in [4.78, 5) is 24.0. The molecule has 0 radical (unpaired) electrons. The molecule has 1 saturated heterocycles. The van der Waals surface area contributed by atoms with E-state index >= 15 is 0 Å². The highest BCUT2D eigenvalue weighted by Gasteiger charge is 2.30. The Balaban J connectivity index is 1.50. The van der Waals surface area contributed by atoms with Crippen molar-refractivity contribution in [3.63, 3.8) is 0 Å². The van der Waals surface area contributed by atoms with Gasteiger partial charge in [0.25, 0.3) is 0 Å². The molecule has 1 aliphatic rings. The van der Waals surface area contributed by atoms with Crippen molar-refractivity contribution in [3.05, 3.63) is 64.4 Å². The number of aromatic nitrogens is 4. The Morgan fingerprint density at radius 2 is 2.02 bits per heavy atom. The van der Waals surface area contributed by atoms with E-state index in [0.717, 1.165) is 11.3 Å². The lowest BCUT2D eigenvalue weighted by Gasteiger charge is -2.37. The molecule has 1 fully saturated rings. The molecular weight excluding hydrogens is 588 g/mol. The van der Waals surface area contributed by atoms with Crippen LogP contribution in [0.1, 0.15) is 30.2 Å². The number of hydrogen-bond donors (Lipinski definition) is 4. The van der Waals surface area contributed by atoms with Crippen molar-refractivity contribution >= 4 is 46.5 Å². The van der Waals surface area contributed by atoms with Gasteiger partial charge >= 0.3 is 6.09 Å². The molecule has 15 heteroatoms. The number of piperidine rings is 1. The number of aliphatic hydroxyl groups excluding tert-OH is 1. The molecule has 226 valence electrons. The molecule has 44 heavy (non-hydrogen) atoms. The number of carbonyl (C=O) groups is 1. The summed E-state index contributed by atoms with van der Waals surface area (Å²) in [6.45, 7) is 3.53. The zero-order chi connectivity index (χ0) is 31.4. The highest BCUT2D eigenvalue weighted by Crippen LogP contribution is 2.37. The molecule has 4 N–H and O–H groups in total. The van der Waals surface area contributed by atoms with Crippen LogP contribution in [0.3, 0.4) is 0 Å². The Labute approximate surface area is 257 Å². The smallest absolute Gasteiger partial charge is 0.404 e. The summed E-state index contributed by atoms with van der Waals surface area (Å²) in [6, 6.07) is 14.4. The van der Waals surface area contributed by atoms with Crippen LogP contribution in [0.15, 0.2) is 42.6 Å². The van der Waals surface area contributed by atoms with Gasteiger partial charge in [-0.2, -0.15) is 20.0 Å². The number of β-amino-alcohol motifs (C(OH)–C–C–N with tert-alkyl or cyclic N) is 1. The van der Waals surface area contributed by atoms with E-state index in [2.05, 4.69) is 32.9 Å². The maximum atomic E-state index is 11.1. The molecule has 14 nitrogen and oxygen atoms in total. The summed E-state index contributed by atoms with van der Waals surface area (Å²) in [7, 11) is 1.61. The minimum Gasteiger partial charge on any atom is -0.497 e. The summed E-state index contributed by atoms with van der Waals surface area (Å²) >= 11 is 6.85. The number of carboxylic acid groups (broad SMARTS) is 1. The van der Waals surface area contributed by atoms with Crippen LogP contribution in [0.4, 0.5) is 27.9 Å². The number of methoxy groups -OCH3 is 1. The van der Waals surface area contributed by atoms with Gasteiger partial charge in [-0.05, 0) is 43.2 Å². The number of amides is 1. The van der Waals surface area contributed by atoms with Crippen LogP contribution in [-0.2, 0) is 6.54 Å². The fourth-order valence-electron chi connectivity index (χ4n) is 5.09. The van der Waals surface area contributed by atoms with Crippen LogP contribution in [0.5, 0.6) is 5.75 Å². The maximum absolute atomic E-state index is 11.1. The molecule has 0 unspecified atom stereocenters. The van der Waals surface area contributed by atoms with Crippen LogP contribution in [0, 0.1) is 22.7 Å². The largest absolute Gasteiger partial charge is 0.497 e. The number of nitriles is 2. The number of anilines is 4. The first-order chi connectivity index (χ1) is 21.2. The SMILES string of the molecule is CCN(Cc1ccc(OC)cc1)c1nc(Nc2cc(C#N)cc(N3CC[C@@H](NC(=O)O)[C@@H](O)C3)c2Cl)nn2c(C#N)cnc12. The second-order valence-electron chi connectivity index (χ2n) is 10.1. The van der Waals surface area contributed by atoms with E-state index in [0.29, 0.717) is 54.5 Å². The first kappa shape index (κ1) is 30.2. The van der Waals surface area contributed by atoms with Gasteiger partial charge in [-0.15, -0.1) is 5.10 Å². The molecule has 5 rings (SSSR count). The van der Waals surface area contributed by atoms with Gasteiger partial charge in [0.05, 0.1) is 53.5 Å². The van der Waals surface area contributed by atoms with E-state index in [1.54, 1.807) is 24.1 Å². The molecule has 0 aliphatic carbocycles. The lowest BCUT2D eigenvalue weighted by Crippen LogP contribution is -2.54. The van der Waals surface area contributed by atoms with Crippen molar-refractivity contribution in [1.82, 2.24) is 24.9 Å². The van der Waals surface area contributed by atoms with Gasteiger partial charge in [0.2, 0.25) is 5.95 Å². The van der Waals surface area contributed by atoms with Gasteiger partial charge in [0, 0.05) is 26.2 Å². The van der Waals surface area contributed by atoms with Crippen molar-refractivity contribution in [2.75, 3.05) is 41.9 Å². The molecule has 4 aromatic rings. The average molecular weight is 617 g/mol. The first-order valence-electron chi connectivity index (χ1n) is 13.7. The van der Waals surface area contributed by atoms with Crippen LogP contribution in [-0.4, -0.2) is 74.8 Å². The number of imidazole rings is 1. The van der Waals surface area contributed by atoms with E-state index in [4.69, 9.17) is 26.4 Å². The minimum atomic E-state index is -1.21. The van der Waals surface area contributed by atoms with Crippen LogP contribution in [0.2, 0.25) is 5.02 Å². The predicted molar refractivity (Wildman–Crippen MR) is 162 cm³/mol. The van der Waals surface area contributed by atoms with Crippen LogP contribution < -0.4 is 25.2 Å². The molecule has 3 heterocycles. The Hall–Kier alpha value is -5.31. The zero-order valence-corrected chi connectivity index (χ0v) is 24.7. The fourth-order valence-corrected chi connectivity index (χ4v) is 5.36. The standard InChI is InChI=1S/C29H29ClN10O4/c1-3-38(15-17-4-6-20(44-2)7-5-17)27-26-33-14-19(13-32)40(26)37-28(36-27)34-22-10-18(12-31)11-23(25(22)30)39-9-8-21(24(41)16-39)35-29(42)43/h4-7,10-11,14,21,24,35,41H,3,8-9,15-16H2,1-2H3,(H,34,37)(H,42,43)/t21-,24+/m1/s1.